The van der Waals surface area contributed by atoms with Gasteiger partial charge in [-0.3, -0.25) is 0 Å². The maximum Gasteiger partial charge on any atom is 0.211 e. The normalized spacial score (nSPS) is 11.3. The molecule has 0 bridgehead atoms. The lowest BCUT2D eigenvalue weighted by Gasteiger charge is -2.14. The van der Waals surface area contributed by atoms with Gasteiger partial charge < -0.3 is 13.7 Å². The van der Waals surface area contributed by atoms with Gasteiger partial charge in [-0.2, -0.15) is 15.8 Å². The highest BCUT2D eigenvalue weighted by Crippen LogP contribution is 2.50. The van der Waals surface area contributed by atoms with Gasteiger partial charge in [0.25, 0.3) is 0 Å². The molecule has 0 amide bonds. The summed E-state index contributed by atoms with van der Waals surface area (Å²) >= 11 is 5.37. The largest absolute Gasteiger partial charge is 0.319 e. The van der Waals surface area contributed by atoms with Crippen molar-refractivity contribution in [3.8, 4) is 102 Å². The summed E-state index contributed by atoms with van der Waals surface area (Å²) in [6.07, 6.45) is 5.19. The standard InChI is InChI=1S/3C37H20N4S/c1-39-31-20-24(30-19-25(22-40-32(30)21-38)23-9-3-2-4-10-23)15-18-34(31)41-33-13-7-5-11-26(33)28-16-17-29-27-12-6-8-14-35(27)42-37(29)36(28)41;1-39-30-20-24(29-19-25(22-40-31(29)21-38)23-9-3-2-4-10-23)15-17-33(30)41-32-13-7-5-11-26(32)27-16-18-35-36(37(27)41)28-12-6-8-14-34(28)42-35;1-39-31-18-24(28-17-25(22-40-32(28)21-38)23-9-3-2-4-10-23)15-16-34(31)41-33-13-7-5-11-26(33)29-19-30-27-12-6-8-14-36(27)42-37(30)20-35(29)41/h3*2-20,22H. The molecule has 24 aromatic rings. The molecule has 9 aromatic heterocycles. The summed E-state index contributed by atoms with van der Waals surface area (Å²) in [5, 5.41) is 44.0. The predicted octanol–water partition coefficient (Wildman–Crippen LogP) is 30.9. The molecule has 15 heteroatoms. The van der Waals surface area contributed by atoms with Crippen molar-refractivity contribution >= 4 is 177 Å². The van der Waals surface area contributed by atoms with E-state index in [2.05, 4.69) is 225 Å². The van der Waals surface area contributed by atoms with E-state index in [-0.39, 0.29) is 0 Å². The summed E-state index contributed by atoms with van der Waals surface area (Å²) in [6, 6.07) is 124. The number of fused-ring (bicyclic) bond motifs is 20. The second-order valence-corrected chi connectivity index (χ2v) is 33.9. The van der Waals surface area contributed by atoms with E-state index in [0.717, 1.165) is 133 Å². The Hall–Kier alpha value is -17.3. The first-order chi connectivity index (χ1) is 62.2. The molecular weight excluding hydrogens is 1600 g/mol. The van der Waals surface area contributed by atoms with Gasteiger partial charge in [-0.1, -0.05) is 237 Å². The van der Waals surface area contributed by atoms with E-state index in [4.69, 9.17) is 19.7 Å². The molecule has 0 fully saturated rings. The van der Waals surface area contributed by atoms with Crippen LogP contribution in [0.3, 0.4) is 0 Å². The number of nitriles is 3. The van der Waals surface area contributed by atoms with Gasteiger partial charge in [-0.05, 0) is 143 Å². The SMILES string of the molecule is [C-]#[N+]c1cc(-c2cc(-c3ccccc3)cnc2C#N)ccc1-n1c2ccccc2c2cc3c(cc21)sc1ccccc13.[C-]#[N+]c1cc(-c2cc(-c3ccccc3)cnc2C#N)ccc1-n1c2ccccc2c2ccc3c4ccccc4sc3c21.[C-]#[N+]c1cc(-c2cc(-c3ccccc3)cnc2C#N)ccc1-n1c2ccccc2c2ccc3sc4ccccc4c3c21. The van der Waals surface area contributed by atoms with Crippen LogP contribution in [0.1, 0.15) is 17.1 Å². The summed E-state index contributed by atoms with van der Waals surface area (Å²) in [4.78, 5) is 25.4. The molecular formula is C111H60N12S3. The third kappa shape index (κ3) is 12.5. The molecule has 0 radical (unpaired) electrons. The Labute approximate surface area is 733 Å². The highest BCUT2D eigenvalue weighted by molar-refractivity contribution is 7.27. The summed E-state index contributed by atoms with van der Waals surface area (Å²) in [7, 11) is 0. The Balaban J connectivity index is 0.000000112. The zero-order valence-corrected chi connectivity index (χ0v) is 69.2. The van der Waals surface area contributed by atoms with Crippen LogP contribution in [0.4, 0.5) is 17.1 Å². The van der Waals surface area contributed by atoms with Crippen LogP contribution in [0, 0.1) is 53.7 Å². The topological polar surface area (TPSA) is 138 Å². The van der Waals surface area contributed by atoms with Gasteiger partial charge in [0.1, 0.15) is 35.3 Å². The van der Waals surface area contributed by atoms with Crippen molar-refractivity contribution in [3.63, 3.8) is 0 Å². The minimum atomic E-state index is 0.335. The Morgan fingerprint density at radius 2 is 0.603 bits per heavy atom. The predicted molar refractivity (Wildman–Crippen MR) is 520 cm³/mol. The van der Waals surface area contributed by atoms with E-state index in [1.165, 1.54) is 60.5 Å². The van der Waals surface area contributed by atoms with Crippen molar-refractivity contribution in [3.05, 3.63) is 416 Å². The molecule has 9 heterocycles. The number of thiophene rings is 3. The Kier molecular flexibility index (Phi) is 18.5. The van der Waals surface area contributed by atoms with Crippen molar-refractivity contribution in [2.24, 2.45) is 0 Å². The van der Waals surface area contributed by atoms with Crippen LogP contribution in [0.25, 0.3) is 224 Å². The van der Waals surface area contributed by atoms with Crippen LogP contribution in [0.2, 0.25) is 0 Å². The zero-order chi connectivity index (χ0) is 84.6. The van der Waals surface area contributed by atoms with Gasteiger partial charge in [-0.15, -0.1) is 34.0 Å². The van der Waals surface area contributed by atoms with Crippen LogP contribution >= 0.6 is 34.0 Å². The Bertz CT molecular complexity index is 8940. The monoisotopic (exact) mass is 1660 g/mol. The lowest BCUT2D eigenvalue weighted by atomic mass is 9.98. The van der Waals surface area contributed by atoms with Crippen molar-refractivity contribution in [2.45, 2.75) is 0 Å². The van der Waals surface area contributed by atoms with E-state index < -0.39 is 0 Å². The fourth-order valence-corrected chi connectivity index (χ4v) is 21.5. The van der Waals surface area contributed by atoms with E-state index in [9.17, 15) is 15.8 Å². The number of pyridine rings is 3. The molecule has 0 N–H and O–H groups in total. The zero-order valence-electron chi connectivity index (χ0n) is 66.7. The number of nitrogens with zero attached hydrogens (tertiary/aromatic N) is 12. The van der Waals surface area contributed by atoms with E-state index >= 15 is 0 Å². The molecule has 12 nitrogen and oxygen atoms in total. The van der Waals surface area contributed by atoms with Crippen LogP contribution in [0.5, 0.6) is 0 Å². The molecule has 24 rings (SSSR count). The average Bonchev–Trinajstić information content (AvgIpc) is 1.57. The Morgan fingerprint density at radius 1 is 0.246 bits per heavy atom. The van der Waals surface area contributed by atoms with Gasteiger partial charge in [0, 0.05) is 140 Å². The lowest BCUT2D eigenvalue weighted by molar-refractivity contribution is 1.19. The summed E-state index contributed by atoms with van der Waals surface area (Å²) in [5.74, 6) is 0. The minimum absolute atomic E-state index is 0.335. The quantitative estimate of drug-likeness (QED) is 0.132. The van der Waals surface area contributed by atoms with E-state index in [1.54, 1.807) is 52.6 Å². The molecule has 126 heavy (non-hydrogen) atoms. The molecule has 0 spiro atoms. The lowest BCUT2D eigenvalue weighted by Crippen LogP contribution is -1.96. The maximum absolute atomic E-state index is 9.90. The number of para-hydroxylation sites is 3. The first-order valence-electron chi connectivity index (χ1n) is 40.7. The Morgan fingerprint density at radius 3 is 1.07 bits per heavy atom. The molecule has 582 valence electrons. The van der Waals surface area contributed by atoms with E-state index in [1.807, 2.05) is 182 Å². The first kappa shape index (κ1) is 75.0. The minimum Gasteiger partial charge on any atom is -0.319 e. The van der Waals surface area contributed by atoms with Crippen molar-refractivity contribution in [1.29, 1.82) is 15.8 Å². The maximum atomic E-state index is 9.90. The van der Waals surface area contributed by atoms with Gasteiger partial charge in [0.05, 0.1) is 74.6 Å². The fourth-order valence-electron chi connectivity index (χ4n) is 18.0. The molecule has 0 aliphatic heterocycles. The highest BCUT2D eigenvalue weighted by Gasteiger charge is 2.26. The molecule has 0 saturated heterocycles. The molecule has 0 aliphatic carbocycles. The fraction of sp³-hybridized carbons (Fsp3) is 0. The van der Waals surface area contributed by atoms with Crippen LogP contribution < -0.4 is 0 Å². The van der Waals surface area contributed by atoms with Gasteiger partial charge in [-0.25, -0.2) is 29.5 Å². The second kappa shape index (κ2) is 31.1. The highest BCUT2D eigenvalue weighted by atomic mass is 32.1. The molecule has 15 aromatic carbocycles. The van der Waals surface area contributed by atoms with Gasteiger partial charge in [0.2, 0.25) is 17.1 Å². The van der Waals surface area contributed by atoms with Crippen molar-refractivity contribution in [2.75, 3.05) is 0 Å². The summed E-state index contributed by atoms with van der Waals surface area (Å²) < 4.78 is 14.1. The van der Waals surface area contributed by atoms with Crippen molar-refractivity contribution in [1.82, 2.24) is 28.7 Å². The second-order valence-electron chi connectivity index (χ2n) is 30.6. The van der Waals surface area contributed by atoms with Crippen LogP contribution in [-0.4, -0.2) is 28.7 Å². The van der Waals surface area contributed by atoms with Crippen molar-refractivity contribution < 1.29 is 0 Å². The smallest absolute Gasteiger partial charge is 0.211 e. The average molecular weight is 1660 g/mol. The van der Waals surface area contributed by atoms with Crippen LogP contribution in [-0.2, 0) is 0 Å². The van der Waals surface area contributed by atoms with E-state index in [0.29, 0.717) is 50.8 Å². The number of hydrogen-bond donors (Lipinski definition) is 0. The van der Waals surface area contributed by atoms with Gasteiger partial charge in [0.15, 0.2) is 0 Å². The number of benzene rings is 15. The first-order valence-corrected chi connectivity index (χ1v) is 43.1. The third-order valence-corrected chi connectivity index (χ3v) is 27.2. The summed E-state index contributed by atoms with van der Waals surface area (Å²) in [6.45, 7) is 24.6. The van der Waals surface area contributed by atoms with Crippen LogP contribution in [0.15, 0.2) is 364 Å². The number of aromatic nitrogens is 6. The third-order valence-electron chi connectivity index (χ3n) is 23.8. The summed E-state index contributed by atoms with van der Waals surface area (Å²) in [5.41, 5.74) is 21.8. The molecule has 0 aliphatic rings. The molecule has 0 atom stereocenters. The number of hydrogen-bond acceptors (Lipinski definition) is 9. The molecule has 0 saturated carbocycles. The van der Waals surface area contributed by atoms with Gasteiger partial charge >= 0.3 is 0 Å². The number of rotatable bonds is 9. The molecule has 0 unspecified atom stereocenters.